The average molecular weight is 371 g/mol. The second-order valence-electron chi connectivity index (χ2n) is 7.21. The zero-order valence-corrected chi connectivity index (χ0v) is 16.8. The van der Waals surface area contributed by atoms with Crippen LogP contribution in [0.3, 0.4) is 0 Å². The number of benzene rings is 1. The van der Waals surface area contributed by atoms with Gasteiger partial charge in [0.25, 0.3) is 0 Å². The van der Waals surface area contributed by atoms with Gasteiger partial charge in [-0.1, -0.05) is 90.0 Å². The van der Waals surface area contributed by atoms with Gasteiger partial charge < -0.3 is 0 Å². The first-order chi connectivity index (χ1) is 13.3. The van der Waals surface area contributed by atoms with E-state index in [1.807, 2.05) is 6.07 Å². The van der Waals surface area contributed by atoms with Crippen molar-refractivity contribution in [1.29, 1.82) is 0 Å². The Labute approximate surface area is 164 Å². The minimum absolute atomic E-state index is 0.466. The molecule has 1 aromatic rings. The van der Waals surface area contributed by atoms with Crippen LogP contribution in [0.4, 0.5) is 11.4 Å². The summed E-state index contributed by atoms with van der Waals surface area (Å²) in [6.07, 6.45) is 21.2. The van der Waals surface area contributed by atoms with Gasteiger partial charge in [0.05, 0.1) is 11.4 Å². The first kappa shape index (κ1) is 23.0. The molecule has 0 aromatic heterocycles. The van der Waals surface area contributed by atoms with Crippen LogP contribution in [0.2, 0.25) is 0 Å². The van der Waals surface area contributed by atoms with E-state index in [0.29, 0.717) is 11.4 Å². The van der Waals surface area contributed by atoms with Crippen molar-refractivity contribution in [3.05, 3.63) is 23.8 Å². The van der Waals surface area contributed by atoms with E-state index in [9.17, 15) is 9.59 Å². The zero-order chi connectivity index (χ0) is 19.6. The molecule has 0 radical (unpaired) electrons. The van der Waals surface area contributed by atoms with Crippen LogP contribution in [0.15, 0.2) is 28.2 Å². The quantitative estimate of drug-likeness (QED) is 0.175. The highest BCUT2D eigenvalue weighted by Gasteiger charge is 2.04. The van der Waals surface area contributed by atoms with Crippen LogP contribution < -0.4 is 0 Å². The number of nitrogens with zero attached hydrogens (tertiary/aromatic N) is 2. The molecule has 1 aromatic carbocycles. The van der Waals surface area contributed by atoms with Gasteiger partial charge >= 0.3 is 0 Å². The predicted molar refractivity (Wildman–Crippen MR) is 111 cm³/mol. The topological polar surface area (TPSA) is 58.9 Å². The Bertz CT molecular complexity index is 615. The Morgan fingerprint density at radius 1 is 0.704 bits per heavy atom. The summed E-state index contributed by atoms with van der Waals surface area (Å²) in [4.78, 5) is 28.2. The average Bonchev–Trinajstić information content (AvgIpc) is 2.67. The van der Waals surface area contributed by atoms with Gasteiger partial charge in [-0.05, 0) is 30.5 Å². The molecule has 0 saturated carbocycles. The molecule has 148 valence electrons. The number of isocyanates is 2. The number of hydrogen-bond donors (Lipinski definition) is 0. The lowest BCUT2D eigenvalue weighted by Gasteiger charge is -2.06. The lowest BCUT2D eigenvalue weighted by Crippen LogP contribution is -1.88. The van der Waals surface area contributed by atoms with Crippen LogP contribution >= 0.6 is 0 Å². The fourth-order valence-corrected chi connectivity index (χ4v) is 3.37. The molecule has 27 heavy (non-hydrogen) atoms. The van der Waals surface area contributed by atoms with Crippen molar-refractivity contribution < 1.29 is 9.59 Å². The van der Waals surface area contributed by atoms with Gasteiger partial charge in [0.15, 0.2) is 0 Å². The van der Waals surface area contributed by atoms with Gasteiger partial charge in [-0.3, -0.25) is 0 Å². The van der Waals surface area contributed by atoms with E-state index < -0.39 is 0 Å². The highest BCUT2D eigenvalue weighted by atomic mass is 16.1. The molecule has 0 aliphatic rings. The van der Waals surface area contributed by atoms with Gasteiger partial charge in [0, 0.05) is 0 Å². The molecule has 0 spiro atoms. The van der Waals surface area contributed by atoms with E-state index in [1.54, 1.807) is 18.2 Å². The number of hydrogen-bond acceptors (Lipinski definition) is 4. The van der Waals surface area contributed by atoms with Crippen LogP contribution in [0.25, 0.3) is 0 Å². The Hall–Kier alpha value is -2.02. The van der Waals surface area contributed by atoms with E-state index in [4.69, 9.17) is 0 Å². The minimum Gasteiger partial charge on any atom is -0.211 e. The van der Waals surface area contributed by atoms with Crippen LogP contribution in [-0.4, -0.2) is 12.2 Å². The maximum Gasteiger partial charge on any atom is 0.240 e. The predicted octanol–water partition coefficient (Wildman–Crippen LogP) is 7.25. The Morgan fingerprint density at radius 3 is 1.74 bits per heavy atom. The zero-order valence-electron chi connectivity index (χ0n) is 16.8. The third-order valence-corrected chi connectivity index (χ3v) is 4.96. The summed E-state index contributed by atoms with van der Waals surface area (Å²) in [5.41, 5.74) is 2.03. The molecular weight excluding hydrogens is 336 g/mol. The minimum atomic E-state index is 0.466. The van der Waals surface area contributed by atoms with Gasteiger partial charge in [-0.25, -0.2) is 9.59 Å². The van der Waals surface area contributed by atoms with Crippen LogP contribution in [0.1, 0.15) is 96.0 Å². The molecule has 0 aliphatic heterocycles. The molecule has 1 rings (SSSR count). The summed E-state index contributed by atoms with van der Waals surface area (Å²) < 4.78 is 0. The smallest absolute Gasteiger partial charge is 0.211 e. The second-order valence-corrected chi connectivity index (χ2v) is 7.21. The molecule has 0 atom stereocenters. The monoisotopic (exact) mass is 370 g/mol. The number of unbranched alkanes of at least 4 members (excludes halogenated alkanes) is 12. The van der Waals surface area contributed by atoms with Crippen molar-refractivity contribution in [1.82, 2.24) is 0 Å². The third kappa shape index (κ3) is 11.3. The number of rotatable bonds is 16. The molecule has 0 fully saturated rings. The largest absolute Gasteiger partial charge is 0.240 e. The van der Waals surface area contributed by atoms with Crippen molar-refractivity contribution in [2.75, 3.05) is 0 Å². The summed E-state index contributed by atoms with van der Waals surface area (Å²) in [6, 6.07) is 5.27. The molecule has 4 nitrogen and oxygen atoms in total. The molecule has 0 amide bonds. The molecule has 4 heteroatoms. The van der Waals surface area contributed by atoms with Crippen molar-refractivity contribution >= 4 is 23.5 Å². The number of aryl methyl sites for hydroxylation is 1. The van der Waals surface area contributed by atoms with Crippen LogP contribution in [0.5, 0.6) is 0 Å². The maximum absolute atomic E-state index is 10.6. The molecule has 0 N–H and O–H groups in total. The molecule has 0 unspecified atom stereocenters. The van der Waals surface area contributed by atoms with E-state index in [1.165, 1.54) is 83.1 Å². The summed E-state index contributed by atoms with van der Waals surface area (Å²) in [5, 5.41) is 0. The highest BCUT2D eigenvalue weighted by Crippen LogP contribution is 2.26. The summed E-state index contributed by atoms with van der Waals surface area (Å²) in [6.45, 7) is 2.26. The van der Waals surface area contributed by atoms with Crippen molar-refractivity contribution in [2.24, 2.45) is 9.98 Å². The third-order valence-electron chi connectivity index (χ3n) is 4.96. The van der Waals surface area contributed by atoms with Crippen LogP contribution in [-0.2, 0) is 16.0 Å². The van der Waals surface area contributed by atoms with Gasteiger partial charge in [-0.15, -0.1) is 0 Å². The molecule has 0 saturated heterocycles. The fourth-order valence-electron chi connectivity index (χ4n) is 3.37. The molecular formula is C23H34N2O2. The fraction of sp³-hybridized carbons (Fsp3) is 0.652. The summed E-state index contributed by atoms with van der Waals surface area (Å²) in [5.74, 6) is 0. The van der Waals surface area contributed by atoms with E-state index >= 15 is 0 Å². The molecule has 0 heterocycles. The molecule has 0 bridgehead atoms. The highest BCUT2D eigenvalue weighted by molar-refractivity contribution is 5.62. The standard InChI is InChI=1S/C23H34N2O2/c1-2-3-4-5-6-7-8-9-10-11-12-13-14-15-21-16-17-22(24-19-26)18-23(21)25-20-27/h16-18H,2-15H2,1H3. The van der Waals surface area contributed by atoms with E-state index in [-0.39, 0.29) is 0 Å². The van der Waals surface area contributed by atoms with Gasteiger partial charge in [0.2, 0.25) is 12.2 Å². The van der Waals surface area contributed by atoms with Gasteiger partial charge in [-0.2, -0.15) is 9.98 Å². The van der Waals surface area contributed by atoms with Crippen molar-refractivity contribution in [3.8, 4) is 0 Å². The van der Waals surface area contributed by atoms with Gasteiger partial charge in [0.1, 0.15) is 0 Å². The maximum atomic E-state index is 10.6. The molecule has 0 aliphatic carbocycles. The van der Waals surface area contributed by atoms with Crippen molar-refractivity contribution in [3.63, 3.8) is 0 Å². The second kappa shape index (κ2) is 16.2. The lowest BCUT2D eigenvalue weighted by molar-refractivity contribution is 0.539. The first-order valence-corrected chi connectivity index (χ1v) is 10.6. The normalized spacial score (nSPS) is 10.3. The Kier molecular flexibility index (Phi) is 13.8. The Balaban J connectivity index is 2.11. The van der Waals surface area contributed by atoms with Crippen LogP contribution in [0, 0.1) is 0 Å². The van der Waals surface area contributed by atoms with E-state index in [0.717, 1.165) is 18.4 Å². The first-order valence-electron chi connectivity index (χ1n) is 10.6. The number of aliphatic imine (C=N–C) groups is 2. The van der Waals surface area contributed by atoms with E-state index in [2.05, 4.69) is 16.9 Å². The lowest BCUT2D eigenvalue weighted by atomic mass is 10.0. The SMILES string of the molecule is CCCCCCCCCCCCCCCc1ccc(N=C=O)cc1N=C=O. The summed E-state index contributed by atoms with van der Waals surface area (Å²) in [7, 11) is 0. The number of carbonyl (C=O) groups excluding carboxylic acids is 2. The summed E-state index contributed by atoms with van der Waals surface area (Å²) >= 11 is 0. The van der Waals surface area contributed by atoms with Crippen molar-refractivity contribution in [2.45, 2.75) is 96.8 Å². The Morgan fingerprint density at radius 2 is 1.22 bits per heavy atom.